The zero-order valence-electron chi connectivity index (χ0n) is 37.6. The lowest BCUT2D eigenvalue weighted by Gasteiger charge is -2.40. The largest absolute Gasteiger partial charge is 0.497 e. The van der Waals surface area contributed by atoms with Crippen molar-refractivity contribution >= 4 is 22.5 Å². The molecule has 0 aromatic heterocycles. The van der Waals surface area contributed by atoms with Crippen molar-refractivity contribution in [1.82, 2.24) is 0 Å². The molecular weight excluding hydrogens is 853 g/mol. The SMILES string of the molecule is COc1ccc(C2(c3ccc(OC)cc3)C=Cc3c4c(c5cc(N6CCCCC6)c(OC)cc5c3O2)-c2ccc(-c3ccc(C)cc3)cc2C4(CCCC(F)(F)F)CCCC(F)(F)F)cc1. The van der Waals surface area contributed by atoms with Gasteiger partial charge in [-0.15, -0.1) is 0 Å². The highest BCUT2D eigenvalue weighted by Gasteiger charge is 2.49. The van der Waals surface area contributed by atoms with Crippen LogP contribution in [0.25, 0.3) is 39.1 Å². The Bertz CT molecular complexity index is 2690. The molecule has 0 saturated carbocycles. The van der Waals surface area contributed by atoms with Crippen LogP contribution in [0, 0.1) is 6.92 Å². The summed E-state index contributed by atoms with van der Waals surface area (Å²) < 4.78 is 110. The predicted molar refractivity (Wildman–Crippen MR) is 249 cm³/mol. The maximum absolute atomic E-state index is 14.2. The fourth-order valence-corrected chi connectivity index (χ4v) is 10.7. The Morgan fingerprint density at radius 1 is 0.636 bits per heavy atom. The molecule has 0 atom stereocenters. The Balaban J connectivity index is 1.38. The van der Waals surface area contributed by atoms with Crippen LogP contribution in [0.15, 0.2) is 109 Å². The van der Waals surface area contributed by atoms with Gasteiger partial charge in [-0.25, -0.2) is 0 Å². The lowest BCUT2D eigenvalue weighted by molar-refractivity contribution is -0.136. The number of alkyl halides is 6. The number of fused-ring (bicyclic) bond motifs is 8. The molecule has 0 bridgehead atoms. The third kappa shape index (κ3) is 8.34. The first-order valence-electron chi connectivity index (χ1n) is 22.7. The summed E-state index contributed by atoms with van der Waals surface area (Å²) in [6, 6.07) is 33.3. The molecule has 344 valence electrons. The Kier molecular flexibility index (Phi) is 12.0. The second-order valence-electron chi connectivity index (χ2n) is 17.9. The molecule has 1 fully saturated rings. The predicted octanol–water partition coefficient (Wildman–Crippen LogP) is 14.9. The normalized spacial score (nSPS) is 16.1. The summed E-state index contributed by atoms with van der Waals surface area (Å²) >= 11 is 0. The number of hydrogen-bond acceptors (Lipinski definition) is 5. The smallest absolute Gasteiger partial charge is 0.389 e. The molecule has 1 saturated heterocycles. The van der Waals surface area contributed by atoms with Gasteiger partial charge in [0.2, 0.25) is 0 Å². The number of methoxy groups -OCH3 is 3. The van der Waals surface area contributed by atoms with E-state index in [1.54, 1.807) is 21.3 Å². The van der Waals surface area contributed by atoms with Crippen LogP contribution in [0.4, 0.5) is 32.0 Å². The van der Waals surface area contributed by atoms with Crippen molar-refractivity contribution in [2.75, 3.05) is 39.3 Å². The average Bonchev–Trinajstić information content (AvgIpc) is 3.59. The van der Waals surface area contributed by atoms with Crippen molar-refractivity contribution in [3.63, 3.8) is 0 Å². The van der Waals surface area contributed by atoms with E-state index in [0.29, 0.717) is 39.5 Å². The first-order valence-corrected chi connectivity index (χ1v) is 22.7. The molecule has 1 aliphatic carbocycles. The highest BCUT2D eigenvalue weighted by molar-refractivity contribution is 6.10. The van der Waals surface area contributed by atoms with Gasteiger partial charge in [-0.3, -0.25) is 0 Å². The van der Waals surface area contributed by atoms with Crippen molar-refractivity contribution in [2.45, 2.75) is 88.1 Å². The van der Waals surface area contributed by atoms with Crippen molar-refractivity contribution in [2.24, 2.45) is 0 Å². The lowest BCUT2D eigenvalue weighted by atomic mass is 9.68. The van der Waals surface area contributed by atoms with Crippen molar-refractivity contribution in [3.8, 4) is 45.3 Å². The van der Waals surface area contributed by atoms with E-state index in [1.807, 2.05) is 116 Å². The molecule has 0 radical (unpaired) electrons. The van der Waals surface area contributed by atoms with E-state index in [4.69, 9.17) is 18.9 Å². The minimum atomic E-state index is -4.47. The third-order valence-corrected chi connectivity index (χ3v) is 13.9. The lowest BCUT2D eigenvalue weighted by Crippen LogP contribution is -2.35. The molecule has 66 heavy (non-hydrogen) atoms. The van der Waals surface area contributed by atoms with Gasteiger partial charge in [0.25, 0.3) is 0 Å². The van der Waals surface area contributed by atoms with Crippen LogP contribution in [0.5, 0.6) is 23.0 Å². The zero-order valence-corrected chi connectivity index (χ0v) is 37.6. The van der Waals surface area contributed by atoms with E-state index in [-0.39, 0.29) is 25.7 Å². The summed E-state index contributed by atoms with van der Waals surface area (Å²) in [4.78, 5) is 2.31. The van der Waals surface area contributed by atoms with Crippen LogP contribution in [0.3, 0.4) is 0 Å². The van der Waals surface area contributed by atoms with Crippen molar-refractivity contribution < 1.29 is 45.3 Å². The van der Waals surface area contributed by atoms with E-state index in [0.717, 1.165) is 87.9 Å². The fourth-order valence-electron chi connectivity index (χ4n) is 10.7. The monoisotopic (exact) mass is 905 g/mol. The molecular formula is C55H53F6NO4. The number of nitrogens with zero attached hydrogens (tertiary/aromatic N) is 1. The van der Waals surface area contributed by atoms with Crippen molar-refractivity contribution in [1.29, 1.82) is 0 Å². The van der Waals surface area contributed by atoms with Crippen molar-refractivity contribution in [3.05, 3.63) is 143 Å². The van der Waals surface area contributed by atoms with Gasteiger partial charge in [0.05, 0.1) is 27.0 Å². The molecule has 0 amide bonds. The Morgan fingerprint density at radius 3 is 1.76 bits per heavy atom. The molecule has 0 N–H and O–H groups in total. The molecule has 6 aromatic carbocycles. The molecule has 11 heteroatoms. The summed E-state index contributed by atoms with van der Waals surface area (Å²) in [5.74, 6) is 2.39. The maximum Gasteiger partial charge on any atom is 0.389 e. The summed E-state index contributed by atoms with van der Waals surface area (Å²) in [7, 11) is 4.83. The first-order chi connectivity index (χ1) is 31.7. The quantitative estimate of drug-likeness (QED) is 0.108. The number of halogens is 6. The standard InChI is InChI=1S/C55H53F6NO4/c1-35-10-12-36(13-11-35)37-14-23-42-46(32-37)52(25-8-27-54(56,57)58,26-9-28-55(59,60)61)50-43-24-29-53(38-15-19-40(63-2)20-16-38,39-17-21-41(64-3)22-18-39)66-51(43)45-34-48(65-4)47(33-44(45)49(42)50)62-30-6-5-7-31-62/h10-24,29,32-34H,5-9,25-28,30-31H2,1-4H3. The molecule has 0 unspecified atom stereocenters. The molecule has 2 aliphatic heterocycles. The molecule has 5 nitrogen and oxygen atoms in total. The second-order valence-corrected chi connectivity index (χ2v) is 17.9. The second kappa shape index (κ2) is 17.6. The van der Waals surface area contributed by atoms with Crippen LogP contribution in [0.1, 0.15) is 91.2 Å². The molecule has 2 heterocycles. The van der Waals surface area contributed by atoms with Gasteiger partial charge in [-0.2, -0.15) is 26.3 Å². The van der Waals surface area contributed by atoms with E-state index >= 15 is 0 Å². The Labute approximate surface area is 382 Å². The number of piperidine rings is 1. The minimum Gasteiger partial charge on any atom is -0.497 e. The highest BCUT2D eigenvalue weighted by Crippen LogP contribution is 2.63. The topological polar surface area (TPSA) is 40.2 Å². The zero-order chi connectivity index (χ0) is 46.4. The highest BCUT2D eigenvalue weighted by atomic mass is 19.4. The van der Waals surface area contributed by atoms with E-state index in [1.165, 1.54) is 0 Å². The van der Waals surface area contributed by atoms with E-state index in [2.05, 4.69) is 11.0 Å². The number of anilines is 1. The van der Waals surface area contributed by atoms with E-state index < -0.39 is 36.2 Å². The minimum absolute atomic E-state index is 0.0370. The summed E-state index contributed by atoms with van der Waals surface area (Å²) in [5.41, 5.74) is 6.31. The summed E-state index contributed by atoms with van der Waals surface area (Å²) in [6.07, 6.45) is -4.71. The number of hydrogen-bond donors (Lipinski definition) is 0. The van der Waals surface area contributed by atoms with Gasteiger partial charge < -0.3 is 23.8 Å². The molecule has 9 rings (SSSR count). The first kappa shape index (κ1) is 45.1. The van der Waals surface area contributed by atoms with Gasteiger partial charge >= 0.3 is 12.4 Å². The fraction of sp³-hybridized carbons (Fsp3) is 0.345. The summed E-state index contributed by atoms with van der Waals surface area (Å²) in [5, 5.41) is 1.50. The number of benzene rings is 6. The number of ether oxygens (including phenoxy) is 4. The van der Waals surface area contributed by atoms with Gasteiger partial charge in [0.1, 0.15) is 23.0 Å². The van der Waals surface area contributed by atoms with Crippen LogP contribution < -0.4 is 23.8 Å². The Hall–Kier alpha value is -6.10. The van der Waals surface area contributed by atoms with Crippen LogP contribution >= 0.6 is 0 Å². The molecule has 3 aliphatic rings. The van der Waals surface area contributed by atoms with E-state index in [9.17, 15) is 26.3 Å². The molecule has 0 spiro atoms. The Morgan fingerprint density at radius 2 is 1.21 bits per heavy atom. The van der Waals surface area contributed by atoms with Gasteiger partial charge in [-0.05, 0) is 139 Å². The van der Waals surface area contributed by atoms with Gasteiger partial charge in [0, 0.05) is 53.4 Å². The van der Waals surface area contributed by atoms with Crippen LogP contribution in [0.2, 0.25) is 0 Å². The van der Waals surface area contributed by atoms with Crippen LogP contribution in [-0.4, -0.2) is 46.8 Å². The van der Waals surface area contributed by atoms with Gasteiger partial charge in [-0.1, -0.05) is 72.3 Å². The number of rotatable bonds is 13. The maximum atomic E-state index is 14.2. The third-order valence-electron chi connectivity index (χ3n) is 13.9. The molecule has 6 aromatic rings. The number of aryl methyl sites for hydroxylation is 1. The van der Waals surface area contributed by atoms with Gasteiger partial charge in [0.15, 0.2) is 5.60 Å². The summed E-state index contributed by atoms with van der Waals surface area (Å²) in [6.45, 7) is 3.60. The van der Waals surface area contributed by atoms with Crippen LogP contribution in [-0.2, 0) is 11.0 Å². The average molecular weight is 906 g/mol.